The summed E-state index contributed by atoms with van der Waals surface area (Å²) in [6, 6.07) is 8.88. The first kappa shape index (κ1) is 19.3. The van der Waals surface area contributed by atoms with Crippen molar-refractivity contribution < 1.29 is 9.13 Å². The summed E-state index contributed by atoms with van der Waals surface area (Å²) in [5.74, 6) is 0.568. The van der Waals surface area contributed by atoms with E-state index in [2.05, 4.69) is 20.2 Å². The van der Waals surface area contributed by atoms with Crippen molar-refractivity contribution in [2.45, 2.75) is 13.1 Å². The van der Waals surface area contributed by atoms with Gasteiger partial charge in [-0.05, 0) is 29.8 Å². The van der Waals surface area contributed by atoms with Crippen LogP contribution in [0.5, 0.6) is 5.75 Å². The molecule has 0 unspecified atom stereocenters. The Bertz CT molecular complexity index is 617. The molecule has 2 aromatic rings. The summed E-state index contributed by atoms with van der Waals surface area (Å²) in [4.78, 5) is 4.14. The number of guanidine groups is 1. The van der Waals surface area contributed by atoms with Crippen LogP contribution in [0.4, 0.5) is 4.39 Å². The van der Waals surface area contributed by atoms with E-state index < -0.39 is 0 Å². The number of benzene rings is 1. The van der Waals surface area contributed by atoms with Gasteiger partial charge in [0.25, 0.3) is 0 Å². The van der Waals surface area contributed by atoms with Crippen LogP contribution >= 0.6 is 24.0 Å². The molecule has 0 radical (unpaired) electrons. The van der Waals surface area contributed by atoms with Gasteiger partial charge in [0.15, 0.2) is 17.5 Å². The SMILES string of the molecule is CN=C(NCCn1cccc1)NCc1ccc(OC)c(F)c1.I. The highest BCUT2D eigenvalue weighted by Gasteiger charge is 2.04. The minimum absolute atomic E-state index is 0. The topological polar surface area (TPSA) is 50.6 Å². The zero-order valence-electron chi connectivity index (χ0n) is 13.3. The molecule has 1 aromatic heterocycles. The van der Waals surface area contributed by atoms with Gasteiger partial charge in [0.1, 0.15) is 0 Å². The molecule has 0 aliphatic heterocycles. The number of nitrogens with one attached hydrogen (secondary N) is 2. The Morgan fingerprint density at radius 1 is 1.26 bits per heavy atom. The molecule has 2 rings (SSSR count). The summed E-state index contributed by atoms with van der Waals surface area (Å²) in [5, 5.41) is 6.37. The summed E-state index contributed by atoms with van der Waals surface area (Å²) in [5.41, 5.74) is 0.826. The predicted molar refractivity (Wildman–Crippen MR) is 101 cm³/mol. The van der Waals surface area contributed by atoms with Gasteiger partial charge >= 0.3 is 0 Å². The molecule has 0 saturated heterocycles. The van der Waals surface area contributed by atoms with Crippen LogP contribution < -0.4 is 15.4 Å². The zero-order valence-corrected chi connectivity index (χ0v) is 15.6. The van der Waals surface area contributed by atoms with Gasteiger partial charge in [-0.1, -0.05) is 6.07 Å². The maximum absolute atomic E-state index is 13.6. The van der Waals surface area contributed by atoms with Gasteiger partial charge in [-0.3, -0.25) is 4.99 Å². The van der Waals surface area contributed by atoms with Crippen molar-refractivity contribution in [2.75, 3.05) is 20.7 Å². The highest BCUT2D eigenvalue weighted by atomic mass is 127. The van der Waals surface area contributed by atoms with Crippen LogP contribution in [0, 0.1) is 5.82 Å². The Morgan fingerprint density at radius 2 is 2.00 bits per heavy atom. The third-order valence-corrected chi connectivity index (χ3v) is 3.23. The van der Waals surface area contributed by atoms with Crippen molar-refractivity contribution in [1.29, 1.82) is 0 Å². The van der Waals surface area contributed by atoms with Gasteiger partial charge in [-0.25, -0.2) is 4.39 Å². The van der Waals surface area contributed by atoms with Gasteiger partial charge in [0.05, 0.1) is 7.11 Å². The molecule has 0 aliphatic carbocycles. The first-order valence-corrected chi connectivity index (χ1v) is 7.10. The van der Waals surface area contributed by atoms with Gasteiger partial charge in [0.2, 0.25) is 0 Å². The Hall–Kier alpha value is -1.77. The average molecular weight is 432 g/mol. The lowest BCUT2D eigenvalue weighted by Gasteiger charge is -2.12. The summed E-state index contributed by atoms with van der Waals surface area (Å²) in [7, 11) is 3.16. The molecule has 2 N–H and O–H groups in total. The standard InChI is InChI=1S/C16H21FN4O.HI/c1-18-16(19-7-10-21-8-3-4-9-21)20-12-13-5-6-15(22-2)14(17)11-13;/h3-6,8-9,11H,7,10,12H2,1-2H3,(H2,18,19,20);1H. The van der Waals surface area contributed by atoms with E-state index in [4.69, 9.17) is 4.74 Å². The number of rotatable bonds is 6. The molecule has 126 valence electrons. The zero-order chi connectivity index (χ0) is 15.8. The molecule has 0 amide bonds. The molecule has 0 atom stereocenters. The van der Waals surface area contributed by atoms with Crippen molar-refractivity contribution >= 4 is 29.9 Å². The quantitative estimate of drug-likeness (QED) is 0.419. The summed E-state index contributed by atoms with van der Waals surface area (Å²) >= 11 is 0. The van der Waals surface area contributed by atoms with Crippen LogP contribution in [-0.4, -0.2) is 31.2 Å². The fraction of sp³-hybridized carbons (Fsp3) is 0.312. The molecular weight excluding hydrogens is 410 g/mol. The van der Waals surface area contributed by atoms with E-state index in [1.54, 1.807) is 13.1 Å². The van der Waals surface area contributed by atoms with Gasteiger partial charge < -0.3 is 19.9 Å². The lowest BCUT2D eigenvalue weighted by molar-refractivity contribution is 0.386. The molecule has 7 heteroatoms. The highest BCUT2D eigenvalue weighted by Crippen LogP contribution is 2.17. The normalized spacial score (nSPS) is 10.8. The number of ether oxygens (including phenoxy) is 1. The molecule has 0 fully saturated rings. The Labute approximate surface area is 153 Å². The first-order valence-electron chi connectivity index (χ1n) is 7.10. The molecule has 23 heavy (non-hydrogen) atoms. The number of hydrogen-bond acceptors (Lipinski definition) is 2. The van der Waals surface area contributed by atoms with Gasteiger partial charge in [-0.15, -0.1) is 24.0 Å². The second-order valence-electron chi connectivity index (χ2n) is 4.74. The molecule has 5 nitrogen and oxygen atoms in total. The number of aromatic nitrogens is 1. The number of aliphatic imine (C=N–C) groups is 1. The third-order valence-electron chi connectivity index (χ3n) is 3.23. The number of hydrogen-bond donors (Lipinski definition) is 2. The van der Waals surface area contributed by atoms with Crippen LogP contribution in [0.1, 0.15) is 5.56 Å². The van der Waals surface area contributed by atoms with Crippen LogP contribution in [0.25, 0.3) is 0 Å². The van der Waals surface area contributed by atoms with E-state index in [1.807, 2.05) is 30.6 Å². The van der Waals surface area contributed by atoms with E-state index in [1.165, 1.54) is 13.2 Å². The molecule has 1 heterocycles. The Kier molecular flexibility index (Phi) is 8.46. The average Bonchev–Trinajstić information content (AvgIpc) is 3.04. The fourth-order valence-electron chi connectivity index (χ4n) is 2.05. The van der Waals surface area contributed by atoms with Crippen LogP contribution in [-0.2, 0) is 13.1 Å². The maximum atomic E-state index is 13.6. The van der Waals surface area contributed by atoms with Gasteiger partial charge in [0, 0.05) is 39.1 Å². The van der Waals surface area contributed by atoms with Crippen molar-refractivity contribution in [1.82, 2.24) is 15.2 Å². The number of halogens is 2. The summed E-state index contributed by atoms with van der Waals surface area (Å²) in [6.07, 6.45) is 4.02. The Morgan fingerprint density at radius 3 is 2.61 bits per heavy atom. The molecular formula is C16H22FIN4O. The Balaban J connectivity index is 0.00000264. The second kappa shape index (κ2) is 10.1. The summed E-state index contributed by atoms with van der Waals surface area (Å²) in [6.45, 7) is 2.10. The monoisotopic (exact) mass is 432 g/mol. The largest absolute Gasteiger partial charge is 0.494 e. The predicted octanol–water partition coefficient (Wildman–Crippen LogP) is 2.62. The second-order valence-corrected chi connectivity index (χ2v) is 4.74. The highest BCUT2D eigenvalue weighted by molar-refractivity contribution is 14.0. The first-order chi connectivity index (χ1) is 10.7. The molecule has 1 aromatic carbocycles. The number of methoxy groups -OCH3 is 1. The van der Waals surface area contributed by atoms with E-state index in [9.17, 15) is 4.39 Å². The summed E-state index contributed by atoms with van der Waals surface area (Å²) < 4.78 is 20.6. The van der Waals surface area contributed by atoms with Crippen LogP contribution in [0.15, 0.2) is 47.7 Å². The van der Waals surface area contributed by atoms with Crippen molar-refractivity contribution in [3.8, 4) is 5.75 Å². The smallest absolute Gasteiger partial charge is 0.191 e. The minimum Gasteiger partial charge on any atom is -0.494 e. The maximum Gasteiger partial charge on any atom is 0.191 e. The van der Waals surface area contributed by atoms with E-state index in [0.717, 1.165) is 18.7 Å². The molecule has 0 aliphatic rings. The fourth-order valence-corrected chi connectivity index (χ4v) is 2.05. The molecule has 0 bridgehead atoms. The van der Waals surface area contributed by atoms with Gasteiger partial charge in [-0.2, -0.15) is 0 Å². The van der Waals surface area contributed by atoms with Crippen LogP contribution in [0.2, 0.25) is 0 Å². The number of nitrogens with zero attached hydrogens (tertiary/aromatic N) is 2. The molecule has 0 spiro atoms. The van der Waals surface area contributed by atoms with Crippen LogP contribution in [0.3, 0.4) is 0 Å². The minimum atomic E-state index is -0.364. The molecule has 0 saturated carbocycles. The van der Waals surface area contributed by atoms with Crippen molar-refractivity contribution in [2.24, 2.45) is 4.99 Å². The third kappa shape index (κ3) is 6.09. The lowest BCUT2D eigenvalue weighted by Crippen LogP contribution is -2.38. The van der Waals surface area contributed by atoms with E-state index >= 15 is 0 Å². The lowest BCUT2D eigenvalue weighted by atomic mass is 10.2. The van der Waals surface area contributed by atoms with E-state index in [0.29, 0.717) is 12.5 Å². The van der Waals surface area contributed by atoms with Crippen molar-refractivity contribution in [3.63, 3.8) is 0 Å². The van der Waals surface area contributed by atoms with E-state index in [-0.39, 0.29) is 35.5 Å². The van der Waals surface area contributed by atoms with Crippen molar-refractivity contribution in [3.05, 3.63) is 54.1 Å².